The van der Waals surface area contributed by atoms with Gasteiger partial charge in [0.25, 0.3) is 0 Å². The molecular formula is C5HN2O2S. The van der Waals surface area contributed by atoms with Crippen molar-refractivity contribution in [1.82, 2.24) is 0 Å². The van der Waals surface area contributed by atoms with Crippen LogP contribution in [-0.2, 0) is 0 Å². The average Bonchev–Trinajstić information content (AvgIpc) is 2.34. The second-order valence-electron chi connectivity index (χ2n) is 1.47. The van der Waals surface area contributed by atoms with E-state index in [0.29, 0.717) is 0 Å². The summed E-state index contributed by atoms with van der Waals surface area (Å²) in [6.45, 7) is 0. The fourth-order valence-corrected chi connectivity index (χ4v) is 1.01. The van der Waals surface area contributed by atoms with Gasteiger partial charge in [-0.1, -0.05) is 11.3 Å². The summed E-state index contributed by atoms with van der Waals surface area (Å²) in [7, 11) is 0. The maximum Gasteiger partial charge on any atom is 0.326 e. The number of nitrogens with zero attached hydrogens (tertiary/aromatic N) is 2. The Labute approximate surface area is 60.5 Å². The molecule has 0 aliphatic rings. The fraction of sp³-hybridized carbons (Fsp3) is 0. The quantitative estimate of drug-likeness (QED) is 0.451. The molecule has 0 aliphatic heterocycles. The third kappa shape index (κ3) is 1.11. The van der Waals surface area contributed by atoms with E-state index in [1.807, 2.05) is 0 Å². The molecule has 0 saturated heterocycles. The second kappa shape index (κ2) is 2.45. The minimum atomic E-state index is -0.540. The first-order chi connectivity index (χ1) is 4.74. The summed E-state index contributed by atoms with van der Waals surface area (Å²) in [6.07, 6.45) is 0. The molecule has 0 fully saturated rings. The van der Waals surface area contributed by atoms with Crippen molar-refractivity contribution < 1.29 is 4.92 Å². The minimum Gasteiger partial charge on any atom is -0.258 e. The second-order valence-corrected chi connectivity index (χ2v) is 2.30. The summed E-state index contributed by atoms with van der Waals surface area (Å²) in [6, 6.07) is 2.95. The molecule has 10 heavy (non-hydrogen) atoms. The first-order valence-corrected chi connectivity index (χ1v) is 3.11. The van der Waals surface area contributed by atoms with Crippen LogP contribution < -0.4 is 0 Å². The highest BCUT2D eigenvalue weighted by Crippen LogP contribution is 2.20. The van der Waals surface area contributed by atoms with Crippen LogP contribution in [0.1, 0.15) is 5.56 Å². The first-order valence-electron chi connectivity index (χ1n) is 2.30. The Bertz CT molecular complexity index is 299. The van der Waals surface area contributed by atoms with E-state index in [-0.39, 0.29) is 10.6 Å². The predicted molar refractivity (Wildman–Crippen MR) is 34.5 cm³/mol. The molecule has 1 heterocycles. The Morgan fingerprint density at radius 1 is 1.90 bits per heavy atom. The van der Waals surface area contributed by atoms with Crippen molar-refractivity contribution in [2.45, 2.75) is 0 Å². The van der Waals surface area contributed by atoms with Gasteiger partial charge in [0.2, 0.25) is 0 Å². The SMILES string of the molecule is N#Cc1[c]sc([N+](=O)[O-])c1. The third-order valence-electron chi connectivity index (χ3n) is 0.834. The van der Waals surface area contributed by atoms with Crippen molar-refractivity contribution in [3.63, 3.8) is 0 Å². The van der Waals surface area contributed by atoms with Crippen molar-refractivity contribution in [3.05, 3.63) is 27.1 Å². The van der Waals surface area contributed by atoms with Gasteiger partial charge in [-0.3, -0.25) is 10.1 Å². The van der Waals surface area contributed by atoms with Gasteiger partial charge in [-0.2, -0.15) is 5.26 Å². The lowest BCUT2D eigenvalue weighted by Gasteiger charge is -1.77. The lowest BCUT2D eigenvalue weighted by atomic mass is 10.4. The summed E-state index contributed by atoms with van der Waals surface area (Å²) < 4.78 is 0. The van der Waals surface area contributed by atoms with Crippen LogP contribution in [0.2, 0.25) is 0 Å². The Balaban J connectivity index is 3.02. The van der Waals surface area contributed by atoms with Crippen LogP contribution in [0.25, 0.3) is 0 Å². The Morgan fingerprint density at radius 3 is 2.90 bits per heavy atom. The highest BCUT2D eigenvalue weighted by molar-refractivity contribution is 7.13. The Morgan fingerprint density at radius 2 is 2.60 bits per heavy atom. The molecule has 1 aromatic heterocycles. The predicted octanol–water partition coefficient (Wildman–Crippen LogP) is 1.33. The number of thiophene rings is 1. The standard InChI is InChI=1S/C5HN2O2S/c6-2-4-1-5(7(8)9)10-3-4/h1H. The van der Waals surface area contributed by atoms with E-state index in [1.165, 1.54) is 6.07 Å². The van der Waals surface area contributed by atoms with Crippen LogP contribution in [0.5, 0.6) is 0 Å². The number of rotatable bonds is 1. The smallest absolute Gasteiger partial charge is 0.258 e. The molecule has 0 saturated carbocycles. The van der Waals surface area contributed by atoms with Crippen molar-refractivity contribution in [3.8, 4) is 6.07 Å². The number of hydrogen-bond donors (Lipinski definition) is 0. The lowest BCUT2D eigenvalue weighted by molar-refractivity contribution is -0.380. The molecule has 0 amide bonds. The highest BCUT2D eigenvalue weighted by Gasteiger charge is 2.08. The summed E-state index contributed by atoms with van der Waals surface area (Å²) in [5.41, 5.74) is 0.219. The molecule has 0 aromatic carbocycles. The molecule has 0 bridgehead atoms. The molecule has 0 unspecified atom stereocenters. The van der Waals surface area contributed by atoms with Gasteiger partial charge in [-0.25, -0.2) is 0 Å². The molecule has 49 valence electrons. The third-order valence-corrected chi connectivity index (χ3v) is 1.63. The first kappa shape index (κ1) is 6.71. The molecule has 0 N–H and O–H groups in total. The van der Waals surface area contributed by atoms with E-state index in [0.717, 1.165) is 11.3 Å². The molecule has 1 radical (unpaired) electrons. The monoisotopic (exact) mass is 153 g/mol. The van der Waals surface area contributed by atoms with E-state index in [1.54, 1.807) is 6.07 Å². The topological polar surface area (TPSA) is 66.9 Å². The van der Waals surface area contributed by atoms with Gasteiger partial charge in [0.1, 0.15) is 6.07 Å². The van der Waals surface area contributed by atoms with Crippen molar-refractivity contribution in [1.29, 1.82) is 5.26 Å². The maximum absolute atomic E-state index is 10.0. The normalized spacial score (nSPS) is 8.70. The van der Waals surface area contributed by atoms with Crippen molar-refractivity contribution in [2.75, 3.05) is 0 Å². The van der Waals surface area contributed by atoms with Crippen LogP contribution in [0.3, 0.4) is 0 Å². The summed E-state index contributed by atoms with van der Waals surface area (Å²) >= 11 is 0.836. The van der Waals surface area contributed by atoms with Crippen LogP contribution in [-0.4, -0.2) is 4.92 Å². The Kier molecular flexibility index (Phi) is 1.65. The van der Waals surface area contributed by atoms with E-state index in [4.69, 9.17) is 5.26 Å². The summed E-state index contributed by atoms with van der Waals surface area (Å²) in [5, 5.41) is 20.7. The van der Waals surface area contributed by atoms with Gasteiger partial charge in [-0.15, -0.1) is 0 Å². The maximum atomic E-state index is 10.0. The van der Waals surface area contributed by atoms with Gasteiger partial charge in [0.15, 0.2) is 0 Å². The molecule has 1 aromatic rings. The van der Waals surface area contributed by atoms with Gasteiger partial charge in [-0.05, 0) is 0 Å². The van der Waals surface area contributed by atoms with Crippen LogP contribution in [0.4, 0.5) is 5.00 Å². The number of nitro groups is 1. The van der Waals surface area contributed by atoms with Gasteiger partial charge < -0.3 is 0 Å². The summed E-state index contributed by atoms with van der Waals surface area (Å²) in [4.78, 5) is 9.48. The van der Waals surface area contributed by atoms with Crippen LogP contribution >= 0.6 is 11.3 Å². The number of hydrogen-bond acceptors (Lipinski definition) is 4. The fourth-order valence-electron chi connectivity index (χ4n) is 0.435. The number of nitriles is 1. The zero-order valence-electron chi connectivity index (χ0n) is 4.70. The van der Waals surface area contributed by atoms with Crippen molar-refractivity contribution in [2.24, 2.45) is 0 Å². The van der Waals surface area contributed by atoms with E-state index in [2.05, 4.69) is 5.38 Å². The van der Waals surface area contributed by atoms with E-state index >= 15 is 0 Å². The highest BCUT2D eigenvalue weighted by atomic mass is 32.1. The summed E-state index contributed by atoms with van der Waals surface area (Å²) in [5.74, 6) is 0. The van der Waals surface area contributed by atoms with Crippen LogP contribution in [0.15, 0.2) is 6.07 Å². The lowest BCUT2D eigenvalue weighted by Crippen LogP contribution is -1.80. The van der Waals surface area contributed by atoms with E-state index in [9.17, 15) is 10.1 Å². The van der Waals surface area contributed by atoms with Gasteiger partial charge >= 0.3 is 5.00 Å². The zero-order valence-corrected chi connectivity index (χ0v) is 5.51. The molecule has 1 rings (SSSR count). The Hall–Kier alpha value is -1.41. The van der Waals surface area contributed by atoms with Crippen LogP contribution in [0, 0.1) is 26.8 Å². The molecule has 0 aliphatic carbocycles. The zero-order chi connectivity index (χ0) is 7.56. The molecule has 5 heteroatoms. The van der Waals surface area contributed by atoms with Gasteiger partial charge in [0, 0.05) is 6.07 Å². The molecule has 0 spiro atoms. The van der Waals surface area contributed by atoms with E-state index < -0.39 is 4.92 Å². The molecule has 0 atom stereocenters. The minimum absolute atomic E-state index is 0.0449. The average molecular weight is 153 g/mol. The molecular weight excluding hydrogens is 152 g/mol. The molecule has 4 nitrogen and oxygen atoms in total. The van der Waals surface area contributed by atoms with Crippen molar-refractivity contribution >= 4 is 16.3 Å². The van der Waals surface area contributed by atoms with Gasteiger partial charge in [0.05, 0.1) is 15.9 Å². The largest absolute Gasteiger partial charge is 0.326 e.